The summed E-state index contributed by atoms with van der Waals surface area (Å²) in [6.45, 7) is 7.98. The van der Waals surface area contributed by atoms with Crippen LogP contribution in [0, 0.1) is 19.8 Å². The van der Waals surface area contributed by atoms with Gasteiger partial charge < -0.3 is 15.1 Å². The van der Waals surface area contributed by atoms with E-state index in [0.717, 1.165) is 33.5 Å². The van der Waals surface area contributed by atoms with Gasteiger partial charge in [-0.25, -0.2) is 4.98 Å². The van der Waals surface area contributed by atoms with Crippen molar-refractivity contribution in [2.75, 3.05) is 5.32 Å². The molecular formula is C21H23N3O2S. The number of hydrogen-bond acceptors (Lipinski definition) is 4. The molecule has 0 saturated carbocycles. The molecule has 0 aliphatic rings. The molecule has 0 fully saturated rings. The number of carbonyl (C=O) groups is 1. The topological polar surface area (TPSA) is 67.2 Å². The van der Waals surface area contributed by atoms with Crippen LogP contribution in [0.25, 0.3) is 22.6 Å². The molecule has 1 aromatic heterocycles. The summed E-state index contributed by atoms with van der Waals surface area (Å²) in [5.74, 6) is 0.736. The molecule has 5 nitrogen and oxygen atoms in total. The number of amides is 1. The Morgan fingerprint density at radius 3 is 2.70 bits per heavy atom. The molecule has 0 unspecified atom stereocenters. The van der Waals surface area contributed by atoms with Crippen LogP contribution in [-0.4, -0.2) is 16.0 Å². The smallest absolute Gasteiger partial charge is 0.227 e. The van der Waals surface area contributed by atoms with Crippen LogP contribution in [0.4, 0.5) is 5.69 Å². The molecule has 3 rings (SSSR count). The van der Waals surface area contributed by atoms with Crippen molar-refractivity contribution in [1.82, 2.24) is 10.3 Å². The summed E-state index contributed by atoms with van der Waals surface area (Å²) in [6.07, 6.45) is 0.434. The Morgan fingerprint density at radius 1 is 1.19 bits per heavy atom. The molecule has 2 N–H and O–H groups in total. The SMILES string of the molecule is Cc1ccc2oc(-c3ccc(C)c(NC(=S)NC(=O)CC(C)C)c3)nc2c1. The summed E-state index contributed by atoms with van der Waals surface area (Å²) < 4.78 is 5.88. The van der Waals surface area contributed by atoms with Crippen LogP contribution < -0.4 is 10.6 Å². The van der Waals surface area contributed by atoms with Crippen molar-refractivity contribution in [2.45, 2.75) is 34.1 Å². The highest BCUT2D eigenvalue weighted by molar-refractivity contribution is 7.80. The lowest BCUT2D eigenvalue weighted by atomic mass is 10.1. The Bertz CT molecular complexity index is 1010. The van der Waals surface area contributed by atoms with Crippen molar-refractivity contribution in [3.05, 3.63) is 47.5 Å². The molecule has 0 bridgehead atoms. The maximum atomic E-state index is 11.9. The minimum atomic E-state index is -0.0920. The molecule has 0 atom stereocenters. The lowest BCUT2D eigenvalue weighted by molar-refractivity contribution is -0.120. The van der Waals surface area contributed by atoms with Gasteiger partial charge in [-0.1, -0.05) is 26.0 Å². The van der Waals surface area contributed by atoms with Gasteiger partial charge in [0.05, 0.1) is 0 Å². The molecule has 2 aromatic carbocycles. The largest absolute Gasteiger partial charge is 0.436 e. The van der Waals surface area contributed by atoms with Gasteiger partial charge in [-0.2, -0.15) is 0 Å². The fourth-order valence-corrected chi connectivity index (χ4v) is 2.98. The molecule has 0 aliphatic heterocycles. The first kappa shape index (κ1) is 19.0. The van der Waals surface area contributed by atoms with E-state index in [0.29, 0.717) is 12.3 Å². The third-order valence-electron chi connectivity index (χ3n) is 4.12. The van der Waals surface area contributed by atoms with Crippen LogP contribution in [0.3, 0.4) is 0 Å². The maximum Gasteiger partial charge on any atom is 0.227 e. The minimum absolute atomic E-state index is 0.0920. The monoisotopic (exact) mass is 381 g/mol. The predicted molar refractivity (Wildman–Crippen MR) is 113 cm³/mol. The Kier molecular flexibility index (Phi) is 5.56. The lowest BCUT2D eigenvalue weighted by Gasteiger charge is -2.13. The lowest BCUT2D eigenvalue weighted by Crippen LogP contribution is -2.34. The number of rotatable bonds is 4. The molecule has 1 heterocycles. The van der Waals surface area contributed by atoms with E-state index in [1.165, 1.54) is 0 Å². The van der Waals surface area contributed by atoms with E-state index in [1.54, 1.807) is 0 Å². The summed E-state index contributed by atoms with van der Waals surface area (Å²) in [5, 5.41) is 6.10. The van der Waals surface area contributed by atoms with Crippen LogP contribution in [0.5, 0.6) is 0 Å². The first-order valence-electron chi connectivity index (χ1n) is 8.91. The van der Waals surface area contributed by atoms with Gasteiger partial charge in [0.2, 0.25) is 11.8 Å². The van der Waals surface area contributed by atoms with Crippen LogP contribution in [-0.2, 0) is 4.79 Å². The molecular weight excluding hydrogens is 358 g/mol. The number of aromatic nitrogens is 1. The van der Waals surface area contributed by atoms with Gasteiger partial charge >= 0.3 is 0 Å². The summed E-state index contributed by atoms with van der Waals surface area (Å²) >= 11 is 5.27. The van der Waals surface area contributed by atoms with Crippen molar-refractivity contribution in [1.29, 1.82) is 0 Å². The zero-order valence-corrected chi connectivity index (χ0v) is 16.7. The molecule has 1 amide bonds. The number of anilines is 1. The summed E-state index contributed by atoms with van der Waals surface area (Å²) in [5.41, 5.74) is 5.37. The maximum absolute atomic E-state index is 11.9. The normalized spacial score (nSPS) is 11.0. The quantitative estimate of drug-likeness (QED) is 0.625. The number of thiocarbonyl (C=S) groups is 1. The first-order valence-corrected chi connectivity index (χ1v) is 9.31. The van der Waals surface area contributed by atoms with Gasteiger partial charge in [0.15, 0.2) is 10.7 Å². The zero-order valence-electron chi connectivity index (χ0n) is 15.9. The molecule has 140 valence electrons. The van der Waals surface area contributed by atoms with Crippen molar-refractivity contribution < 1.29 is 9.21 Å². The minimum Gasteiger partial charge on any atom is -0.436 e. The Morgan fingerprint density at radius 2 is 1.96 bits per heavy atom. The molecule has 3 aromatic rings. The fraction of sp³-hybridized carbons (Fsp3) is 0.286. The Hall–Kier alpha value is -2.73. The first-order chi connectivity index (χ1) is 12.8. The van der Waals surface area contributed by atoms with E-state index in [2.05, 4.69) is 15.6 Å². The second kappa shape index (κ2) is 7.88. The highest BCUT2D eigenvalue weighted by Gasteiger charge is 2.12. The highest BCUT2D eigenvalue weighted by Crippen LogP contribution is 2.28. The van der Waals surface area contributed by atoms with Crippen LogP contribution in [0.15, 0.2) is 40.8 Å². The number of aryl methyl sites for hydroxylation is 2. The van der Waals surface area contributed by atoms with Crippen LogP contribution in [0.1, 0.15) is 31.4 Å². The van der Waals surface area contributed by atoms with Gasteiger partial charge in [0.25, 0.3) is 0 Å². The van der Waals surface area contributed by atoms with E-state index < -0.39 is 0 Å². The number of carbonyl (C=O) groups excluding carboxylic acids is 1. The average molecular weight is 382 g/mol. The fourth-order valence-electron chi connectivity index (χ4n) is 2.75. The molecule has 6 heteroatoms. The molecule has 0 saturated heterocycles. The highest BCUT2D eigenvalue weighted by atomic mass is 32.1. The van der Waals surface area contributed by atoms with Crippen molar-refractivity contribution in [2.24, 2.45) is 5.92 Å². The van der Waals surface area contributed by atoms with Gasteiger partial charge in [0, 0.05) is 17.7 Å². The van der Waals surface area contributed by atoms with E-state index in [-0.39, 0.29) is 16.9 Å². The molecule has 0 aliphatic carbocycles. The predicted octanol–water partition coefficient (Wildman–Crippen LogP) is 4.97. The Labute approximate surface area is 164 Å². The number of nitrogens with one attached hydrogen (secondary N) is 2. The Balaban J connectivity index is 1.81. The van der Waals surface area contributed by atoms with Crippen molar-refractivity contribution in [3.8, 4) is 11.5 Å². The molecule has 27 heavy (non-hydrogen) atoms. The number of hydrogen-bond donors (Lipinski definition) is 2. The third-order valence-corrected chi connectivity index (χ3v) is 4.33. The van der Waals surface area contributed by atoms with Gasteiger partial charge in [-0.15, -0.1) is 0 Å². The average Bonchev–Trinajstić information content (AvgIpc) is 2.98. The van der Waals surface area contributed by atoms with Crippen molar-refractivity contribution in [3.63, 3.8) is 0 Å². The van der Waals surface area contributed by atoms with Crippen LogP contribution >= 0.6 is 12.2 Å². The van der Waals surface area contributed by atoms with Crippen molar-refractivity contribution >= 4 is 40.0 Å². The number of benzene rings is 2. The van der Waals surface area contributed by atoms with Gasteiger partial charge in [0.1, 0.15) is 5.52 Å². The van der Waals surface area contributed by atoms with E-state index in [1.807, 2.05) is 64.1 Å². The number of nitrogens with zero attached hydrogens (tertiary/aromatic N) is 1. The van der Waals surface area contributed by atoms with Gasteiger partial charge in [-0.3, -0.25) is 4.79 Å². The second-order valence-corrected chi connectivity index (χ2v) is 7.53. The van der Waals surface area contributed by atoms with E-state index >= 15 is 0 Å². The number of fused-ring (bicyclic) bond motifs is 1. The van der Waals surface area contributed by atoms with Crippen LogP contribution in [0.2, 0.25) is 0 Å². The van der Waals surface area contributed by atoms with E-state index in [9.17, 15) is 4.79 Å². The number of oxazole rings is 1. The summed E-state index contributed by atoms with van der Waals surface area (Å²) in [6, 6.07) is 11.8. The standard InChI is InChI=1S/C21H23N3O2S/c1-12(2)9-19(25)24-21(27)23-16-11-15(7-6-14(16)4)20-22-17-10-13(3)5-8-18(17)26-20/h5-8,10-12H,9H2,1-4H3,(H2,23,24,25,27). The van der Waals surface area contributed by atoms with E-state index in [4.69, 9.17) is 16.6 Å². The zero-order chi connectivity index (χ0) is 19.6. The molecule has 0 radical (unpaired) electrons. The second-order valence-electron chi connectivity index (χ2n) is 7.12. The molecule has 0 spiro atoms. The summed E-state index contributed by atoms with van der Waals surface area (Å²) in [4.78, 5) is 16.5. The third kappa shape index (κ3) is 4.71. The van der Waals surface area contributed by atoms with Gasteiger partial charge in [-0.05, 0) is 67.4 Å². The summed E-state index contributed by atoms with van der Waals surface area (Å²) in [7, 11) is 0.